The molecule has 3 aromatic rings. The number of aliphatic hydroxyl groups excluding tert-OH is 1. The molecule has 5 heterocycles. The van der Waals surface area contributed by atoms with Crippen LogP contribution in [0.5, 0.6) is 0 Å². The van der Waals surface area contributed by atoms with Crippen molar-refractivity contribution in [3.05, 3.63) is 102 Å². The van der Waals surface area contributed by atoms with Crippen LogP contribution >= 0.6 is 0 Å². The molecule has 4 atom stereocenters. The molecule has 3 aliphatic rings. The Kier molecular flexibility index (Phi) is 14.2. The molecule has 0 unspecified atom stereocenters. The van der Waals surface area contributed by atoms with Gasteiger partial charge in [-0.15, -0.1) is 33.5 Å². The van der Waals surface area contributed by atoms with Crippen LogP contribution in [-0.4, -0.2) is 59.3 Å². The first-order valence-corrected chi connectivity index (χ1v) is 20.0. The fraction of sp³-hybridized carbons (Fsp3) is 0.457. The first-order valence-electron chi connectivity index (χ1n) is 20.0. The van der Waals surface area contributed by atoms with Gasteiger partial charge in [0.15, 0.2) is 12.6 Å². The van der Waals surface area contributed by atoms with Gasteiger partial charge in [-0.25, -0.2) is 0 Å². The van der Waals surface area contributed by atoms with Gasteiger partial charge in [0.05, 0.1) is 0 Å². The Morgan fingerprint density at radius 1 is 0.965 bits per heavy atom. The molecule has 10 nitrogen and oxygen atoms in total. The molecule has 0 radical (unpaired) electrons. The maximum absolute atomic E-state index is 14.3. The molecule has 3 aromatic heterocycles. The zero-order chi connectivity index (χ0) is 40.4. The summed E-state index contributed by atoms with van der Waals surface area (Å²) in [5, 5.41) is 16.3. The Hall–Kier alpha value is -4.32. The fourth-order valence-electron chi connectivity index (χ4n) is 8.34. The van der Waals surface area contributed by atoms with E-state index in [4.69, 9.17) is 29.7 Å². The average Bonchev–Trinajstić information content (AvgIpc) is 3.91. The average molecular weight is 783 g/mol. The van der Waals surface area contributed by atoms with Crippen molar-refractivity contribution < 1.29 is 29.0 Å². The van der Waals surface area contributed by atoms with Crippen LogP contribution in [0.25, 0.3) is 35.2 Å². The van der Waals surface area contributed by atoms with Crippen LogP contribution in [0.2, 0.25) is 0 Å². The van der Waals surface area contributed by atoms with Gasteiger partial charge in [-0.2, -0.15) is 11.4 Å². The fourth-order valence-corrected chi connectivity index (χ4v) is 8.34. The van der Waals surface area contributed by atoms with Crippen LogP contribution in [0.4, 0.5) is 0 Å². The second kappa shape index (κ2) is 18.5. The predicted molar refractivity (Wildman–Crippen MR) is 224 cm³/mol. The van der Waals surface area contributed by atoms with Gasteiger partial charge in [0.1, 0.15) is 12.5 Å². The van der Waals surface area contributed by atoms with Crippen molar-refractivity contribution in [3.8, 4) is 0 Å². The first-order chi connectivity index (χ1) is 26.8. The zero-order valence-electron chi connectivity index (χ0n) is 34.8. The summed E-state index contributed by atoms with van der Waals surface area (Å²) in [6.07, 6.45) is 15.2. The van der Waals surface area contributed by atoms with Crippen molar-refractivity contribution in [2.24, 2.45) is 23.7 Å². The van der Waals surface area contributed by atoms with Crippen LogP contribution < -0.4 is 25.7 Å². The Labute approximate surface area is 352 Å². The molecular formula is C46H54MgN4O6-2. The summed E-state index contributed by atoms with van der Waals surface area (Å²) in [6.45, 7) is 19.9. The molecular weight excluding hydrogens is 729 g/mol. The molecule has 0 amide bonds. The molecule has 298 valence electrons. The van der Waals surface area contributed by atoms with Crippen LogP contribution in [0, 0.1) is 44.4 Å². The van der Waals surface area contributed by atoms with Gasteiger partial charge in [0, 0.05) is 12.0 Å². The normalized spacial score (nSPS) is 22.3. The van der Waals surface area contributed by atoms with Gasteiger partial charge in [-0.1, -0.05) is 105 Å². The number of carbonyl (C=O) groups excluding carboxylic acids is 3. The quantitative estimate of drug-likeness (QED) is 0.0640. The van der Waals surface area contributed by atoms with Gasteiger partial charge < -0.3 is 34.8 Å². The van der Waals surface area contributed by atoms with Gasteiger partial charge in [0.25, 0.3) is 0 Å². The van der Waals surface area contributed by atoms with E-state index in [1.54, 1.807) is 6.08 Å². The van der Waals surface area contributed by atoms with E-state index >= 15 is 0 Å². The van der Waals surface area contributed by atoms with Crippen molar-refractivity contribution in [1.82, 2.24) is 15.0 Å². The van der Waals surface area contributed by atoms with Crippen LogP contribution in [-0.2, 0) is 25.5 Å². The van der Waals surface area contributed by atoms with Gasteiger partial charge >= 0.3 is 35.0 Å². The minimum Gasteiger partial charge on any atom is -0.664 e. The summed E-state index contributed by atoms with van der Waals surface area (Å²) in [5.74, 6) is -2.95. The number of allylic oxidation sites excluding steroid dienone is 3. The van der Waals surface area contributed by atoms with Crippen molar-refractivity contribution in [3.63, 3.8) is 0 Å². The zero-order valence-corrected chi connectivity index (χ0v) is 36.2. The van der Waals surface area contributed by atoms with E-state index in [0.29, 0.717) is 51.8 Å². The molecule has 0 aromatic carbocycles. The summed E-state index contributed by atoms with van der Waals surface area (Å²) >= 11 is 0. The minimum absolute atomic E-state index is 0. The number of ether oxygens (including phenoxy) is 2. The van der Waals surface area contributed by atoms with Crippen LogP contribution in [0.3, 0.4) is 0 Å². The Balaban J connectivity index is 0.00000620. The first kappa shape index (κ1) is 43.8. The van der Waals surface area contributed by atoms with Crippen LogP contribution in [0.15, 0.2) is 29.6 Å². The molecule has 2 aliphatic heterocycles. The number of aliphatic hydroxyl groups is 1. The Bertz CT molecular complexity index is 2280. The predicted octanol–water partition coefficient (Wildman–Crippen LogP) is 6.46. The summed E-state index contributed by atoms with van der Waals surface area (Å²) in [4.78, 5) is 56.2. The second-order valence-corrected chi connectivity index (χ2v) is 15.5. The van der Waals surface area contributed by atoms with Crippen molar-refractivity contribution in [2.75, 3.05) is 13.4 Å². The number of Topliss-reactive ketones (excluding diaryl/α,β-unsaturated/α-hetero) is 1. The molecule has 1 aliphatic carbocycles. The third kappa shape index (κ3) is 8.61. The van der Waals surface area contributed by atoms with E-state index in [9.17, 15) is 19.5 Å². The van der Waals surface area contributed by atoms with Crippen LogP contribution in [0.1, 0.15) is 134 Å². The standard InChI is InChI=1S/C46H55N4O6.Mg/c1-10-24(4)14-13-15-25(5)18-19-55-39(52)17-16-32-28(8)35-20-33-26(6)30(11-2)37(47-33)21-34-27(7)31(12-3)38(48-34)22-36-29(9)40-44(50-36)41(43(32)49-35)42(45(40)53)46(54)56-23-51;/h11,18,20-22,24,28,32,42,51H,2,10,12-17,19,23H2,1,3-9H3,(H-,49,50,53);/q-3;+2/p-1/b25-18+,34-21-,35-20-,38-22-;/t24-,28+,32+,42-;/m1./s1. The number of rotatable bonds is 14. The number of ketones is 1. The minimum atomic E-state index is -1.37. The maximum Gasteiger partial charge on any atom is 2.00 e. The second-order valence-electron chi connectivity index (χ2n) is 15.5. The topological polar surface area (TPSA) is 146 Å². The van der Waals surface area contributed by atoms with E-state index in [1.165, 1.54) is 18.4 Å². The van der Waals surface area contributed by atoms with Crippen molar-refractivity contribution in [2.45, 2.75) is 100 Å². The van der Waals surface area contributed by atoms with E-state index in [1.807, 2.05) is 52.0 Å². The largest absolute Gasteiger partial charge is 2.00 e. The summed E-state index contributed by atoms with van der Waals surface area (Å²) in [5.41, 5.74) is 10.0. The molecule has 8 bridgehead atoms. The van der Waals surface area contributed by atoms with Gasteiger partial charge in [-0.05, 0) is 82.8 Å². The maximum atomic E-state index is 14.3. The molecule has 6 rings (SSSR count). The number of hydrogen-bond acceptors (Lipinski definition) is 6. The Morgan fingerprint density at radius 2 is 1.68 bits per heavy atom. The van der Waals surface area contributed by atoms with E-state index in [-0.39, 0.29) is 53.9 Å². The number of aromatic nitrogens is 3. The summed E-state index contributed by atoms with van der Waals surface area (Å²) < 4.78 is 10.8. The molecule has 1 saturated heterocycles. The van der Waals surface area contributed by atoms with Crippen molar-refractivity contribution in [1.29, 1.82) is 0 Å². The van der Waals surface area contributed by atoms with Crippen molar-refractivity contribution >= 4 is 70.7 Å². The molecule has 0 spiro atoms. The Morgan fingerprint density at radius 3 is 2.37 bits per heavy atom. The molecule has 57 heavy (non-hydrogen) atoms. The molecule has 1 fully saturated rings. The number of fused-ring (bicyclic) bond motifs is 7. The smallest absolute Gasteiger partial charge is 0.664 e. The molecule has 0 saturated carbocycles. The summed E-state index contributed by atoms with van der Waals surface area (Å²) in [6, 6.07) is 0. The van der Waals surface area contributed by atoms with E-state index < -0.39 is 24.5 Å². The monoisotopic (exact) mass is 782 g/mol. The summed E-state index contributed by atoms with van der Waals surface area (Å²) in [7, 11) is 0. The van der Waals surface area contributed by atoms with E-state index in [0.717, 1.165) is 63.6 Å². The number of hydrogen-bond donors (Lipinski definition) is 1. The van der Waals surface area contributed by atoms with Gasteiger partial charge in [0.2, 0.25) is 0 Å². The number of esters is 2. The van der Waals surface area contributed by atoms with E-state index in [2.05, 4.69) is 34.3 Å². The third-order valence-electron chi connectivity index (χ3n) is 12.1. The number of carbonyl (C=O) groups is 3. The van der Waals surface area contributed by atoms with Gasteiger partial charge in [-0.3, -0.25) is 14.4 Å². The third-order valence-corrected chi connectivity index (χ3v) is 12.1. The molecule has 1 N–H and O–H groups in total. The number of nitrogens with zero attached hydrogens (tertiary/aromatic N) is 4. The SMILES string of the molecule is C=Cc1c2[n-]c(c1C)/C=C1\[N-]/C(=C3\c4[n-]c(c(C)c4C(=O)[C@@H]3C(=O)OCO)/C=c3\[n-]/c(c(C)c3CC)=C\2)[C@@H](CCC(=O)OC/C=C(\C)CCC[C@H](C)CC)[C@@H]1C.[Mg+2]. The molecule has 11 heteroatoms.